The minimum Gasteiger partial charge on any atom is -0.461 e. The number of fused-ring (bicyclic) bond motifs is 3. The summed E-state index contributed by atoms with van der Waals surface area (Å²) in [6.07, 6.45) is 22.3. The molecule has 1 saturated heterocycles. The minimum atomic E-state index is -2.34. The predicted molar refractivity (Wildman–Crippen MR) is 297 cm³/mol. The zero-order valence-corrected chi connectivity index (χ0v) is 47.3. The summed E-state index contributed by atoms with van der Waals surface area (Å²) in [6.45, 7) is 12.4. The number of Topliss-reactive ketones (excluding diaryl/α,β-unsaturated/α-hetero) is 2. The molecule has 5 aliphatic rings. The van der Waals surface area contributed by atoms with Crippen LogP contribution in [-0.4, -0.2) is 105 Å². The number of ether oxygens (including phenoxy) is 6. The Morgan fingerprint density at radius 1 is 0.787 bits per heavy atom. The van der Waals surface area contributed by atoms with E-state index in [9.17, 15) is 34.2 Å². The highest BCUT2D eigenvalue weighted by Gasteiger charge is 2.93. The van der Waals surface area contributed by atoms with E-state index in [2.05, 4.69) is 66.9 Å². The normalized spacial score (nSPS) is 31.5. The van der Waals surface area contributed by atoms with E-state index in [0.717, 1.165) is 39.0 Å². The average Bonchev–Trinajstić information content (AvgIpc) is 1.36. The van der Waals surface area contributed by atoms with Crippen molar-refractivity contribution in [2.24, 2.45) is 28.6 Å². The molecule has 4 saturated carbocycles. The van der Waals surface area contributed by atoms with Crippen LogP contribution in [0.25, 0.3) is 0 Å². The molecule has 16 heteroatoms. The maximum Gasteiger partial charge on any atom is 0.408 e. The van der Waals surface area contributed by atoms with Crippen molar-refractivity contribution in [1.82, 2.24) is 5.32 Å². The van der Waals surface area contributed by atoms with E-state index >= 15 is 9.59 Å². The van der Waals surface area contributed by atoms with Gasteiger partial charge in [0.25, 0.3) is 0 Å². The van der Waals surface area contributed by atoms with Gasteiger partial charge in [-0.3, -0.25) is 19.2 Å². The number of ketones is 2. The maximum atomic E-state index is 15.6. The summed E-state index contributed by atoms with van der Waals surface area (Å²) in [5.41, 5.74) is -10.5. The summed E-state index contributed by atoms with van der Waals surface area (Å²) < 4.78 is 36.7. The zero-order chi connectivity index (χ0) is 58.1. The van der Waals surface area contributed by atoms with E-state index in [-0.39, 0.29) is 31.4 Å². The van der Waals surface area contributed by atoms with E-state index in [4.69, 9.17) is 28.4 Å². The van der Waals surface area contributed by atoms with Crippen molar-refractivity contribution in [3.63, 3.8) is 0 Å². The Bertz CT molecular complexity index is 2780. The number of hydrogen-bond donors (Lipinski definition) is 3. The Morgan fingerprint density at radius 2 is 1.34 bits per heavy atom. The third-order valence-electron chi connectivity index (χ3n) is 16.9. The molecule has 16 nitrogen and oxygen atoms in total. The average molecular weight is 1100 g/mol. The third-order valence-corrected chi connectivity index (χ3v) is 16.9. The summed E-state index contributed by atoms with van der Waals surface area (Å²) in [4.78, 5) is 100. The fourth-order valence-corrected chi connectivity index (χ4v) is 13.0. The topological polar surface area (TPSA) is 227 Å². The van der Waals surface area contributed by atoms with Gasteiger partial charge in [0.05, 0.1) is 35.0 Å². The lowest BCUT2D eigenvalue weighted by Crippen LogP contribution is -2.94. The van der Waals surface area contributed by atoms with Crippen LogP contribution in [0.3, 0.4) is 0 Å². The van der Waals surface area contributed by atoms with Crippen LogP contribution >= 0.6 is 0 Å². The van der Waals surface area contributed by atoms with Gasteiger partial charge in [-0.15, -0.1) is 0 Å². The highest BCUT2D eigenvalue weighted by atomic mass is 16.6. The third kappa shape index (κ3) is 12.0. The molecule has 2 aromatic carbocycles. The predicted octanol–water partition coefficient (Wildman–Crippen LogP) is 9.80. The lowest BCUT2D eigenvalue weighted by Gasteiger charge is -2.81. The van der Waals surface area contributed by atoms with Gasteiger partial charge in [-0.2, -0.15) is 0 Å². The Morgan fingerprint density at radius 3 is 1.86 bits per heavy atom. The molecular formula is C64H79NO15. The van der Waals surface area contributed by atoms with Crippen molar-refractivity contribution in [1.29, 1.82) is 0 Å². The van der Waals surface area contributed by atoms with Crippen LogP contribution in [0.5, 0.6) is 0 Å². The molecule has 13 atom stereocenters. The minimum absolute atomic E-state index is 0.0617. The number of esters is 4. The molecule has 1 amide bonds. The number of alkyl carbamates (subject to hydrolysis) is 1. The monoisotopic (exact) mass is 1100 g/mol. The van der Waals surface area contributed by atoms with Crippen molar-refractivity contribution >= 4 is 41.5 Å². The molecule has 0 aromatic heterocycles. The number of aliphatic hydroxyl groups is 2. The Hall–Kier alpha value is -6.75. The first-order valence-electron chi connectivity index (χ1n) is 28.0. The van der Waals surface area contributed by atoms with Crippen molar-refractivity contribution in [3.8, 4) is 0 Å². The number of aliphatic hydroxyl groups excluding tert-OH is 1. The van der Waals surface area contributed by atoms with E-state index in [1.165, 1.54) is 26.0 Å². The van der Waals surface area contributed by atoms with Crippen LogP contribution in [0.4, 0.5) is 4.79 Å². The van der Waals surface area contributed by atoms with Crippen LogP contribution in [0, 0.1) is 28.6 Å². The molecule has 0 bridgehead atoms. The summed E-state index contributed by atoms with van der Waals surface area (Å²) >= 11 is 0. The number of amides is 1. The van der Waals surface area contributed by atoms with Gasteiger partial charge >= 0.3 is 30.0 Å². The van der Waals surface area contributed by atoms with Crippen molar-refractivity contribution in [2.45, 2.75) is 172 Å². The second-order valence-electron chi connectivity index (χ2n) is 23.0. The van der Waals surface area contributed by atoms with E-state index in [0.29, 0.717) is 12.0 Å². The number of hydrogen-bond acceptors (Lipinski definition) is 15. The Kier molecular flexibility index (Phi) is 19.3. The lowest BCUT2D eigenvalue weighted by molar-refractivity contribution is -0.433. The van der Waals surface area contributed by atoms with Crippen molar-refractivity contribution < 1.29 is 72.2 Å². The summed E-state index contributed by atoms with van der Waals surface area (Å²) in [5, 5.41) is 28.1. The second kappa shape index (κ2) is 25.4. The molecule has 2 aromatic rings. The fourth-order valence-electron chi connectivity index (χ4n) is 13.0. The van der Waals surface area contributed by atoms with E-state index < -0.39 is 129 Å². The van der Waals surface area contributed by atoms with Crippen LogP contribution in [0.1, 0.15) is 142 Å². The number of carbonyl (C=O) groups is 7. The van der Waals surface area contributed by atoms with E-state index in [1.807, 2.05) is 18.2 Å². The van der Waals surface area contributed by atoms with Gasteiger partial charge < -0.3 is 44.0 Å². The molecule has 4 unspecified atom stereocenters. The number of benzene rings is 2. The first-order chi connectivity index (χ1) is 38.0. The Balaban J connectivity index is 1.13. The molecule has 4 aliphatic carbocycles. The van der Waals surface area contributed by atoms with Crippen LogP contribution in [0.2, 0.25) is 0 Å². The first-order valence-corrected chi connectivity index (χ1v) is 28.0. The van der Waals surface area contributed by atoms with E-state index in [1.54, 1.807) is 76.2 Å². The van der Waals surface area contributed by atoms with Crippen molar-refractivity contribution in [3.05, 3.63) is 145 Å². The molecule has 1 aliphatic heterocycles. The van der Waals surface area contributed by atoms with Crippen LogP contribution in [-0.2, 0) is 52.4 Å². The number of carbonyl (C=O) groups excluding carboxylic acids is 7. The lowest BCUT2D eigenvalue weighted by atomic mass is 9.25. The van der Waals surface area contributed by atoms with Gasteiger partial charge in [-0.05, 0) is 90.3 Å². The van der Waals surface area contributed by atoms with Gasteiger partial charge in [0.15, 0.2) is 11.7 Å². The molecule has 5 fully saturated rings. The molecule has 80 heavy (non-hydrogen) atoms. The van der Waals surface area contributed by atoms with Gasteiger partial charge in [0.2, 0.25) is 11.6 Å². The Labute approximate surface area is 469 Å². The van der Waals surface area contributed by atoms with Crippen LogP contribution in [0.15, 0.2) is 134 Å². The quantitative estimate of drug-likeness (QED) is 0.0407. The zero-order valence-electron chi connectivity index (χ0n) is 47.3. The molecule has 3 N–H and O–H groups in total. The molecule has 0 radical (unpaired) electrons. The fraction of sp³-hybridized carbons (Fsp3) is 0.516. The molecule has 7 rings (SSSR count). The standard InChI is InChI=1S/C64H79NO15/c1-9-10-11-12-13-14-15-16-17-18-19-20-21-22-23-24-25-26-33-38-48(67)76-46-39-47-62(41-75-47,78-43(3)66)53-55(77-56(71)45-36-31-28-32-37-45)63(74)40-64(42(2)49(61(63,64)8)51(68)54(70)60(46,53)7)79-57(72)52(69)50(44-34-29-27-30-35-44)65-58(73)80-59(4,5)6/h10-11,13-14,16-17,19-20,22-23,25-32,34-37,42,46-47,49-50,52-53,55,69,74H,9,12,15,18,21,24,33,38-41H2,1-8H3,(H,65,73)/t42?,46-,47+,49?,50?,52+,53-,55-,60+,61+,62-,63+,64?/m0/s1. The molecule has 0 spiro atoms. The number of allylic oxidation sites excluding steroid dienone is 12. The van der Waals surface area contributed by atoms with Crippen LogP contribution < -0.4 is 5.32 Å². The number of nitrogens with one attached hydrogen (secondary N) is 1. The summed E-state index contributed by atoms with van der Waals surface area (Å²) in [6, 6.07) is 14.6. The highest BCUT2D eigenvalue weighted by molar-refractivity contribution is 6.41. The highest BCUT2D eigenvalue weighted by Crippen LogP contribution is 2.80. The molecule has 1 heterocycles. The van der Waals surface area contributed by atoms with Gasteiger partial charge in [0.1, 0.15) is 35.1 Å². The number of rotatable bonds is 23. The van der Waals surface area contributed by atoms with Gasteiger partial charge in [-0.25, -0.2) is 14.4 Å². The first kappa shape index (κ1) is 60.9. The molecular weight excluding hydrogens is 1020 g/mol. The smallest absolute Gasteiger partial charge is 0.408 e. The molecule has 430 valence electrons. The van der Waals surface area contributed by atoms with Gasteiger partial charge in [-0.1, -0.05) is 142 Å². The summed E-state index contributed by atoms with van der Waals surface area (Å²) in [7, 11) is 0. The second-order valence-corrected chi connectivity index (χ2v) is 23.0. The largest absolute Gasteiger partial charge is 0.461 e. The van der Waals surface area contributed by atoms with Crippen molar-refractivity contribution in [2.75, 3.05) is 6.61 Å². The SMILES string of the molecule is CCC=CCC=CCC=CCC=CCC=CCC=CCCC(=O)O[C@H]1C[C@H]2OC[C@@]2(OC(C)=O)[C@H]2[C@H](OC(=O)c3ccccc3)[C@]3(O)CC4(OC(=O)[C@H](O)C(NC(=O)OC(C)(C)C)c5ccccc5)C(C)C(C(=O)C(=O)[C@]12C)[C@@]43C. The maximum absolute atomic E-state index is 15.6. The van der Waals surface area contributed by atoms with Gasteiger partial charge in [0, 0.05) is 38.0 Å². The summed E-state index contributed by atoms with van der Waals surface area (Å²) in [5.74, 6) is -9.65.